The standard InChI is InChI=1S/C32H37N3O5S/c1-23(2)21-33-31(37)28(20-25-12-5-4-6-13-25)34(22-26-14-9-11-24(3)19-26)30(36)17-10-18-35-32(38)27-15-7-8-16-29(27)41(35,39)40/h4-9,11-16,19,23,28H,10,17-18,20-22H2,1-3H3,(H,33,37)/t28-/m1/s1. The molecule has 3 aromatic carbocycles. The molecule has 3 aromatic rings. The third kappa shape index (κ3) is 7.21. The Labute approximate surface area is 242 Å². The molecule has 0 saturated heterocycles. The molecule has 0 spiro atoms. The summed E-state index contributed by atoms with van der Waals surface area (Å²) >= 11 is 0. The van der Waals surface area contributed by atoms with Crippen molar-refractivity contribution in [3.8, 4) is 0 Å². The number of nitrogens with one attached hydrogen (secondary N) is 1. The molecule has 0 fully saturated rings. The molecule has 1 heterocycles. The first-order valence-corrected chi connectivity index (χ1v) is 15.3. The minimum absolute atomic E-state index is 0.0119. The molecular formula is C32H37N3O5S. The molecule has 1 atom stereocenters. The van der Waals surface area contributed by atoms with Crippen molar-refractivity contribution in [2.75, 3.05) is 13.1 Å². The zero-order valence-electron chi connectivity index (χ0n) is 23.7. The Balaban J connectivity index is 1.56. The first-order valence-electron chi connectivity index (χ1n) is 13.9. The highest BCUT2D eigenvalue weighted by atomic mass is 32.2. The highest BCUT2D eigenvalue weighted by Gasteiger charge is 2.40. The Bertz CT molecular complexity index is 1500. The fourth-order valence-corrected chi connectivity index (χ4v) is 6.56. The third-order valence-corrected chi connectivity index (χ3v) is 8.90. The van der Waals surface area contributed by atoms with Crippen molar-refractivity contribution in [2.45, 2.75) is 57.5 Å². The fourth-order valence-electron chi connectivity index (χ4n) is 4.95. The van der Waals surface area contributed by atoms with Crippen LogP contribution in [0.25, 0.3) is 0 Å². The van der Waals surface area contributed by atoms with Gasteiger partial charge in [-0.15, -0.1) is 0 Å². The van der Waals surface area contributed by atoms with Crippen molar-refractivity contribution in [3.05, 3.63) is 101 Å². The SMILES string of the molecule is Cc1cccc(CN(C(=O)CCCN2C(=O)c3ccccc3S2(=O)=O)[C@H](Cc2ccccc2)C(=O)NCC(C)C)c1. The predicted molar refractivity (Wildman–Crippen MR) is 157 cm³/mol. The molecule has 41 heavy (non-hydrogen) atoms. The molecule has 4 rings (SSSR count). The maximum atomic E-state index is 13.8. The maximum Gasteiger partial charge on any atom is 0.269 e. The molecule has 1 N–H and O–H groups in total. The molecule has 0 bridgehead atoms. The van der Waals surface area contributed by atoms with E-state index in [0.717, 1.165) is 21.0 Å². The highest BCUT2D eigenvalue weighted by molar-refractivity contribution is 7.90. The van der Waals surface area contributed by atoms with Gasteiger partial charge in [-0.2, -0.15) is 0 Å². The van der Waals surface area contributed by atoms with Gasteiger partial charge in [-0.1, -0.05) is 86.1 Å². The van der Waals surface area contributed by atoms with E-state index in [9.17, 15) is 22.8 Å². The van der Waals surface area contributed by atoms with Gasteiger partial charge in [0.15, 0.2) is 0 Å². The minimum Gasteiger partial charge on any atom is -0.354 e. The molecule has 216 valence electrons. The number of carbonyl (C=O) groups excluding carboxylic acids is 3. The van der Waals surface area contributed by atoms with E-state index in [0.29, 0.717) is 13.0 Å². The van der Waals surface area contributed by atoms with Crippen molar-refractivity contribution in [3.63, 3.8) is 0 Å². The van der Waals surface area contributed by atoms with Crippen LogP contribution in [0.15, 0.2) is 83.8 Å². The normalized spacial score (nSPS) is 14.5. The lowest BCUT2D eigenvalue weighted by molar-refractivity contribution is -0.141. The quantitative estimate of drug-likeness (QED) is 0.346. The molecule has 0 aliphatic carbocycles. The minimum atomic E-state index is -3.96. The number of carbonyl (C=O) groups is 3. The summed E-state index contributed by atoms with van der Waals surface area (Å²) in [5.41, 5.74) is 2.99. The van der Waals surface area contributed by atoms with Crippen molar-refractivity contribution in [2.24, 2.45) is 5.92 Å². The number of sulfonamides is 1. The summed E-state index contributed by atoms with van der Waals surface area (Å²) in [6, 6.07) is 22.7. The number of rotatable bonds is 12. The number of hydrogen-bond donors (Lipinski definition) is 1. The molecule has 1 aliphatic rings. The van der Waals surface area contributed by atoms with E-state index >= 15 is 0 Å². The average molecular weight is 576 g/mol. The van der Waals surface area contributed by atoms with Crippen LogP contribution >= 0.6 is 0 Å². The number of fused-ring (bicyclic) bond motifs is 1. The number of amides is 3. The average Bonchev–Trinajstić information content (AvgIpc) is 3.14. The summed E-state index contributed by atoms with van der Waals surface area (Å²) in [7, 11) is -3.96. The molecular weight excluding hydrogens is 538 g/mol. The number of benzene rings is 3. The van der Waals surface area contributed by atoms with E-state index in [1.807, 2.05) is 75.4 Å². The van der Waals surface area contributed by atoms with Crippen molar-refractivity contribution < 1.29 is 22.8 Å². The summed E-state index contributed by atoms with van der Waals surface area (Å²) < 4.78 is 26.8. The van der Waals surface area contributed by atoms with Gasteiger partial charge in [-0.05, 0) is 42.5 Å². The van der Waals surface area contributed by atoms with Gasteiger partial charge in [0, 0.05) is 32.5 Å². The lowest BCUT2D eigenvalue weighted by Gasteiger charge is -2.32. The van der Waals surface area contributed by atoms with Gasteiger partial charge in [-0.25, -0.2) is 12.7 Å². The van der Waals surface area contributed by atoms with Gasteiger partial charge < -0.3 is 10.2 Å². The van der Waals surface area contributed by atoms with Crippen LogP contribution in [0.5, 0.6) is 0 Å². The largest absolute Gasteiger partial charge is 0.354 e. The Morgan fingerprint density at radius 2 is 1.61 bits per heavy atom. The summed E-state index contributed by atoms with van der Waals surface area (Å²) in [4.78, 5) is 41.8. The van der Waals surface area contributed by atoms with Gasteiger partial charge in [0.05, 0.1) is 5.56 Å². The molecule has 0 aromatic heterocycles. The maximum absolute atomic E-state index is 13.8. The second-order valence-electron chi connectivity index (χ2n) is 10.8. The Morgan fingerprint density at radius 3 is 2.29 bits per heavy atom. The molecule has 9 heteroatoms. The van der Waals surface area contributed by atoms with E-state index in [1.54, 1.807) is 17.0 Å². The Hall–Kier alpha value is -3.98. The van der Waals surface area contributed by atoms with Crippen molar-refractivity contribution >= 4 is 27.7 Å². The van der Waals surface area contributed by atoms with Crippen molar-refractivity contribution in [1.29, 1.82) is 0 Å². The van der Waals surface area contributed by atoms with Crippen LogP contribution in [0, 0.1) is 12.8 Å². The van der Waals surface area contributed by atoms with Crippen molar-refractivity contribution in [1.82, 2.24) is 14.5 Å². The Morgan fingerprint density at radius 1 is 0.927 bits per heavy atom. The van der Waals surface area contributed by atoms with Gasteiger partial charge in [0.25, 0.3) is 15.9 Å². The first-order chi connectivity index (χ1) is 19.6. The van der Waals surface area contributed by atoms with Crippen LogP contribution in [-0.2, 0) is 32.6 Å². The summed E-state index contributed by atoms with van der Waals surface area (Å²) in [5, 5.41) is 3.00. The van der Waals surface area contributed by atoms with Crippen LogP contribution < -0.4 is 5.32 Å². The monoisotopic (exact) mass is 575 g/mol. The molecule has 3 amide bonds. The van der Waals surface area contributed by atoms with Crippen LogP contribution in [0.1, 0.15) is 53.7 Å². The van der Waals surface area contributed by atoms with Gasteiger partial charge in [0.1, 0.15) is 10.9 Å². The molecule has 0 unspecified atom stereocenters. The number of nitrogens with zero attached hydrogens (tertiary/aromatic N) is 2. The third-order valence-electron chi connectivity index (χ3n) is 7.05. The lowest BCUT2D eigenvalue weighted by atomic mass is 10.0. The second kappa shape index (κ2) is 13.1. The summed E-state index contributed by atoms with van der Waals surface area (Å²) in [6.45, 7) is 6.56. The van der Waals surface area contributed by atoms with Gasteiger partial charge >= 0.3 is 0 Å². The predicted octanol–water partition coefficient (Wildman–Crippen LogP) is 4.33. The van der Waals surface area contributed by atoms with E-state index in [-0.39, 0.29) is 54.1 Å². The molecule has 1 aliphatic heterocycles. The zero-order chi connectivity index (χ0) is 29.6. The number of aryl methyl sites for hydroxylation is 1. The van der Waals surface area contributed by atoms with Crippen LogP contribution in [0.2, 0.25) is 0 Å². The van der Waals surface area contributed by atoms with E-state index in [1.165, 1.54) is 12.1 Å². The molecule has 0 saturated carbocycles. The van der Waals surface area contributed by atoms with Crippen LogP contribution in [-0.4, -0.2) is 54.5 Å². The van der Waals surface area contributed by atoms with Gasteiger partial charge in [-0.3, -0.25) is 14.4 Å². The zero-order valence-corrected chi connectivity index (χ0v) is 24.6. The van der Waals surface area contributed by atoms with E-state index in [4.69, 9.17) is 0 Å². The fraction of sp³-hybridized carbons (Fsp3) is 0.344. The van der Waals surface area contributed by atoms with E-state index in [2.05, 4.69) is 5.32 Å². The van der Waals surface area contributed by atoms with Crippen LogP contribution in [0.4, 0.5) is 0 Å². The molecule has 8 nitrogen and oxygen atoms in total. The van der Waals surface area contributed by atoms with Crippen LogP contribution in [0.3, 0.4) is 0 Å². The van der Waals surface area contributed by atoms with E-state index < -0.39 is 22.0 Å². The lowest BCUT2D eigenvalue weighted by Crippen LogP contribution is -2.51. The smallest absolute Gasteiger partial charge is 0.269 e. The molecule has 0 radical (unpaired) electrons. The summed E-state index contributed by atoms with van der Waals surface area (Å²) in [6.07, 6.45) is 0.439. The second-order valence-corrected chi connectivity index (χ2v) is 12.7. The Kier molecular flexibility index (Phi) is 9.60. The highest BCUT2D eigenvalue weighted by Crippen LogP contribution is 2.30. The topological polar surface area (TPSA) is 104 Å². The summed E-state index contributed by atoms with van der Waals surface area (Å²) in [5.74, 6) is -0.869. The van der Waals surface area contributed by atoms with Gasteiger partial charge in [0.2, 0.25) is 11.8 Å². The first kappa shape index (κ1) is 30.0. The number of hydrogen-bond acceptors (Lipinski definition) is 5.